The molecule has 1 amide bonds. The highest BCUT2D eigenvalue weighted by Crippen LogP contribution is 2.27. The molecule has 1 unspecified atom stereocenters. The molecular formula is C21H28N2O5S. The van der Waals surface area contributed by atoms with E-state index in [1.165, 1.54) is 11.6 Å². The maximum Gasteiger partial charge on any atom is 0.336 e. The number of benzene rings is 1. The molecule has 1 aromatic heterocycles. The lowest BCUT2D eigenvalue weighted by Gasteiger charge is -2.19. The van der Waals surface area contributed by atoms with Gasteiger partial charge in [0.2, 0.25) is 5.91 Å². The summed E-state index contributed by atoms with van der Waals surface area (Å²) < 4.78 is 28.5. The van der Waals surface area contributed by atoms with E-state index >= 15 is 0 Å². The van der Waals surface area contributed by atoms with Crippen LogP contribution < -0.4 is 10.9 Å². The zero-order valence-corrected chi connectivity index (χ0v) is 18.1. The number of rotatable bonds is 6. The number of fused-ring (bicyclic) bond motifs is 1. The van der Waals surface area contributed by atoms with Gasteiger partial charge in [0.05, 0.1) is 18.1 Å². The fraction of sp³-hybridized carbons (Fsp3) is 0.524. The molecule has 7 nitrogen and oxygen atoms in total. The Hall–Kier alpha value is -2.19. The summed E-state index contributed by atoms with van der Waals surface area (Å²) in [4.78, 5) is 26.1. The zero-order chi connectivity index (χ0) is 21.3. The lowest BCUT2D eigenvalue weighted by molar-refractivity contribution is -0.122. The monoisotopic (exact) mass is 420 g/mol. The van der Waals surface area contributed by atoms with Gasteiger partial charge in [-0.2, -0.15) is 0 Å². The van der Waals surface area contributed by atoms with Crippen molar-refractivity contribution in [2.24, 2.45) is 0 Å². The number of carbonyl (C=O) groups is 1. The summed E-state index contributed by atoms with van der Waals surface area (Å²) in [5, 5.41) is 3.66. The van der Waals surface area contributed by atoms with Crippen molar-refractivity contribution in [1.29, 1.82) is 0 Å². The van der Waals surface area contributed by atoms with Crippen LogP contribution in [0.1, 0.15) is 42.9 Å². The van der Waals surface area contributed by atoms with Crippen LogP contribution in [0.25, 0.3) is 11.0 Å². The molecule has 0 spiro atoms. The van der Waals surface area contributed by atoms with Crippen LogP contribution in [0.15, 0.2) is 27.4 Å². The van der Waals surface area contributed by atoms with Crippen LogP contribution in [0.3, 0.4) is 0 Å². The zero-order valence-electron chi connectivity index (χ0n) is 17.3. The summed E-state index contributed by atoms with van der Waals surface area (Å²) in [6, 6.07) is 5.11. The van der Waals surface area contributed by atoms with Crippen LogP contribution in [0, 0.1) is 6.92 Å². The number of likely N-dealkylation sites (N-methyl/N-ethyl adjacent to an activating group) is 1. The van der Waals surface area contributed by atoms with Gasteiger partial charge in [0.25, 0.3) is 0 Å². The van der Waals surface area contributed by atoms with Crippen molar-refractivity contribution in [2.45, 2.75) is 45.7 Å². The summed E-state index contributed by atoms with van der Waals surface area (Å²) in [7, 11) is -1.24. The van der Waals surface area contributed by atoms with E-state index in [9.17, 15) is 18.0 Å². The summed E-state index contributed by atoms with van der Waals surface area (Å²) in [6.07, 6.45) is 0.458. The molecular weight excluding hydrogens is 392 g/mol. The Bertz CT molecular complexity index is 1090. The van der Waals surface area contributed by atoms with E-state index < -0.39 is 15.5 Å². The van der Waals surface area contributed by atoms with Crippen LogP contribution in [0.4, 0.5) is 0 Å². The Kier molecular flexibility index (Phi) is 6.14. The van der Waals surface area contributed by atoms with E-state index in [1.807, 2.05) is 17.9 Å². The van der Waals surface area contributed by atoms with E-state index in [1.54, 1.807) is 7.05 Å². The molecule has 1 fully saturated rings. The highest BCUT2D eigenvalue weighted by Gasteiger charge is 2.29. The van der Waals surface area contributed by atoms with E-state index in [-0.39, 0.29) is 30.0 Å². The molecule has 29 heavy (non-hydrogen) atoms. The van der Waals surface area contributed by atoms with E-state index in [2.05, 4.69) is 25.2 Å². The first kappa shape index (κ1) is 21.5. The smallest absolute Gasteiger partial charge is 0.336 e. The third-order valence-corrected chi connectivity index (χ3v) is 7.06. The van der Waals surface area contributed by atoms with Crippen molar-refractivity contribution >= 4 is 26.7 Å². The third kappa shape index (κ3) is 5.25. The molecule has 2 aromatic rings. The van der Waals surface area contributed by atoms with E-state index in [4.69, 9.17) is 4.42 Å². The van der Waals surface area contributed by atoms with Gasteiger partial charge < -0.3 is 9.73 Å². The predicted octanol–water partition coefficient (Wildman–Crippen LogP) is 1.96. The van der Waals surface area contributed by atoms with Crippen molar-refractivity contribution in [3.63, 3.8) is 0 Å². The van der Waals surface area contributed by atoms with Crippen LogP contribution in [0.5, 0.6) is 0 Å². The summed E-state index contributed by atoms with van der Waals surface area (Å²) in [6.45, 7) is 6.75. The van der Waals surface area contributed by atoms with Gasteiger partial charge in [0.1, 0.15) is 5.58 Å². The number of nitrogens with zero attached hydrogens (tertiary/aromatic N) is 1. The number of hydrogen-bond acceptors (Lipinski definition) is 6. The number of aryl methyl sites for hydroxylation is 1. The fourth-order valence-corrected chi connectivity index (χ4v) is 5.59. The molecule has 1 N–H and O–H groups in total. The van der Waals surface area contributed by atoms with Crippen LogP contribution in [0.2, 0.25) is 0 Å². The Morgan fingerprint density at radius 2 is 2.03 bits per heavy atom. The number of hydrogen-bond donors (Lipinski definition) is 1. The van der Waals surface area contributed by atoms with Gasteiger partial charge in [0.15, 0.2) is 9.84 Å². The third-order valence-electron chi connectivity index (χ3n) is 5.29. The summed E-state index contributed by atoms with van der Waals surface area (Å²) in [5.41, 5.74) is 3.20. The van der Waals surface area contributed by atoms with Gasteiger partial charge >= 0.3 is 5.63 Å². The quantitative estimate of drug-likeness (QED) is 0.718. The van der Waals surface area contributed by atoms with Gasteiger partial charge in [-0.1, -0.05) is 13.8 Å². The fourth-order valence-electron chi connectivity index (χ4n) is 3.92. The first-order valence-electron chi connectivity index (χ1n) is 9.79. The number of nitrogens with one attached hydrogen (secondary N) is 1. The van der Waals surface area contributed by atoms with Gasteiger partial charge in [-0.05, 0) is 55.1 Å². The Morgan fingerprint density at radius 3 is 2.66 bits per heavy atom. The second-order valence-corrected chi connectivity index (χ2v) is 10.5. The Morgan fingerprint density at radius 1 is 1.31 bits per heavy atom. The molecule has 8 heteroatoms. The molecule has 158 valence electrons. The maximum atomic E-state index is 12.3. The van der Waals surface area contributed by atoms with Crippen molar-refractivity contribution in [1.82, 2.24) is 10.2 Å². The molecule has 0 saturated carbocycles. The molecule has 0 bridgehead atoms. The summed E-state index contributed by atoms with van der Waals surface area (Å²) in [5.74, 6) is 0.243. The maximum absolute atomic E-state index is 12.3. The largest absolute Gasteiger partial charge is 0.423 e. The molecule has 1 atom stereocenters. The molecule has 3 rings (SSSR count). The Balaban J connectivity index is 1.75. The second kappa shape index (κ2) is 8.28. The minimum absolute atomic E-state index is 0.00412. The van der Waals surface area contributed by atoms with Crippen molar-refractivity contribution in [2.75, 3.05) is 25.1 Å². The van der Waals surface area contributed by atoms with Gasteiger partial charge in [-0.25, -0.2) is 13.2 Å². The van der Waals surface area contributed by atoms with Crippen molar-refractivity contribution in [3.05, 3.63) is 45.3 Å². The van der Waals surface area contributed by atoms with E-state index in [0.717, 1.165) is 16.5 Å². The highest BCUT2D eigenvalue weighted by molar-refractivity contribution is 7.91. The number of carbonyl (C=O) groups excluding carboxylic acids is 1. The average molecular weight is 421 g/mol. The van der Waals surface area contributed by atoms with Gasteiger partial charge in [-0.3, -0.25) is 9.69 Å². The molecule has 1 aliphatic heterocycles. The lowest BCUT2D eigenvalue weighted by atomic mass is 9.95. The van der Waals surface area contributed by atoms with Crippen LogP contribution in [-0.4, -0.2) is 50.4 Å². The predicted molar refractivity (Wildman–Crippen MR) is 113 cm³/mol. The standard InChI is InChI=1S/C21H28N2O5S/c1-13(2)17-9-18-15(8-21(25)28-19(18)7-14(17)3)10-23(4)11-20(24)22-16-5-6-29(26,27)12-16/h7-9,13,16H,5-6,10-12H2,1-4H3,(H,22,24). The van der Waals surface area contributed by atoms with Crippen molar-refractivity contribution < 1.29 is 17.6 Å². The second-order valence-electron chi connectivity index (χ2n) is 8.29. The normalized spacial score (nSPS) is 18.6. The number of sulfone groups is 1. The molecule has 2 heterocycles. The number of amides is 1. The molecule has 1 aliphatic rings. The van der Waals surface area contributed by atoms with Gasteiger partial charge in [0, 0.05) is 24.0 Å². The topological polar surface area (TPSA) is 96.7 Å². The minimum Gasteiger partial charge on any atom is -0.423 e. The minimum atomic E-state index is -3.04. The van der Waals surface area contributed by atoms with Crippen LogP contribution in [-0.2, 0) is 21.2 Å². The van der Waals surface area contributed by atoms with E-state index in [0.29, 0.717) is 24.5 Å². The SMILES string of the molecule is Cc1cc2oc(=O)cc(CN(C)CC(=O)NC3CCS(=O)(=O)C3)c2cc1C(C)C. The average Bonchev–Trinajstić information content (AvgIpc) is 2.91. The lowest BCUT2D eigenvalue weighted by Crippen LogP contribution is -2.41. The van der Waals surface area contributed by atoms with Crippen LogP contribution >= 0.6 is 0 Å². The first-order chi connectivity index (χ1) is 13.5. The van der Waals surface area contributed by atoms with Crippen molar-refractivity contribution in [3.8, 4) is 0 Å². The Labute approximate surface area is 171 Å². The first-order valence-corrected chi connectivity index (χ1v) is 11.6. The highest BCUT2D eigenvalue weighted by atomic mass is 32.2. The molecule has 0 radical (unpaired) electrons. The molecule has 1 saturated heterocycles. The molecule has 0 aliphatic carbocycles. The van der Waals surface area contributed by atoms with Gasteiger partial charge in [-0.15, -0.1) is 0 Å². The summed E-state index contributed by atoms with van der Waals surface area (Å²) >= 11 is 0. The molecule has 1 aromatic carbocycles.